The summed E-state index contributed by atoms with van der Waals surface area (Å²) < 4.78 is 2.48. The number of nitro benzene ring substituents is 1. The Morgan fingerprint density at radius 2 is 2.20 bits per heavy atom. The van der Waals surface area contributed by atoms with Gasteiger partial charge in [0.05, 0.1) is 16.9 Å². The molecule has 1 aromatic rings. The van der Waals surface area contributed by atoms with Crippen molar-refractivity contribution in [1.29, 1.82) is 0 Å². The zero-order valence-electron chi connectivity index (χ0n) is 7.11. The Bertz CT molecular complexity index is 433. The molecule has 0 spiro atoms. The maximum atomic E-state index is 10.7. The van der Waals surface area contributed by atoms with E-state index in [0.717, 1.165) is 12.1 Å². The molecule has 0 unspecified atom stereocenters. The Kier molecular flexibility index (Phi) is 3.34. The van der Waals surface area contributed by atoms with Gasteiger partial charge in [-0.3, -0.25) is 10.1 Å². The molecular weight excluding hydrogens is 224 g/mol. The minimum atomic E-state index is -1.42. The maximum Gasteiger partial charge on any atom is 0.342 e. The second-order valence-corrected chi connectivity index (χ2v) is 3.21. The summed E-state index contributed by atoms with van der Waals surface area (Å²) in [5.74, 6) is -1.42. The summed E-state index contributed by atoms with van der Waals surface area (Å²) in [7, 11) is 0. The molecule has 0 aliphatic rings. The van der Waals surface area contributed by atoms with Crippen LogP contribution in [0.15, 0.2) is 27.7 Å². The fraction of sp³-hybridized carbons (Fsp3) is 0. The van der Waals surface area contributed by atoms with Crippen LogP contribution in [0.2, 0.25) is 0 Å². The third-order valence-corrected chi connectivity index (χ3v) is 2.08. The lowest BCUT2D eigenvalue weighted by Crippen LogP contribution is -2.02. The first kappa shape index (κ1) is 11.1. The quantitative estimate of drug-likeness (QED) is 0.365. The molecule has 1 aromatic carbocycles. The third kappa shape index (κ3) is 2.50. The van der Waals surface area contributed by atoms with Crippen molar-refractivity contribution in [3.05, 3.63) is 38.8 Å². The van der Waals surface area contributed by atoms with Gasteiger partial charge in [0.2, 0.25) is 0 Å². The molecule has 0 bridgehead atoms. The summed E-state index contributed by atoms with van der Waals surface area (Å²) in [6.45, 7) is 0. The van der Waals surface area contributed by atoms with Gasteiger partial charge in [-0.05, 0) is 12.1 Å². The topological polar surface area (TPSA) is 110 Å². The lowest BCUT2D eigenvalue weighted by molar-refractivity contribution is -0.385. The molecule has 0 saturated heterocycles. The number of aromatic carboxylic acids is 1. The van der Waals surface area contributed by atoms with Crippen LogP contribution in [-0.2, 0) is 0 Å². The highest BCUT2D eigenvalue weighted by Gasteiger charge is 2.20. The SMILES string of the molecule is O=NSc1ccc([N+](=O)[O-])c(C(=O)O)c1. The highest BCUT2D eigenvalue weighted by atomic mass is 32.2. The molecule has 0 aliphatic heterocycles. The summed E-state index contributed by atoms with van der Waals surface area (Å²) >= 11 is 0.511. The Balaban J connectivity index is 3.26. The van der Waals surface area contributed by atoms with Crippen LogP contribution in [0.3, 0.4) is 0 Å². The van der Waals surface area contributed by atoms with E-state index in [2.05, 4.69) is 4.58 Å². The standard InChI is InChI=1S/C7H4N2O5S/c10-7(11)5-3-4(15-8-12)1-2-6(5)9(13)14/h1-3H,(H,10,11). The van der Waals surface area contributed by atoms with Crippen LogP contribution in [0.5, 0.6) is 0 Å². The minimum Gasteiger partial charge on any atom is -0.477 e. The van der Waals surface area contributed by atoms with Crippen LogP contribution in [0.4, 0.5) is 5.69 Å². The van der Waals surface area contributed by atoms with Gasteiger partial charge in [0.15, 0.2) is 0 Å². The fourth-order valence-corrected chi connectivity index (χ4v) is 1.33. The van der Waals surface area contributed by atoms with Crippen molar-refractivity contribution in [2.24, 2.45) is 4.58 Å². The predicted molar refractivity (Wildman–Crippen MR) is 51.7 cm³/mol. The van der Waals surface area contributed by atoms with Gasteiger partial charge in [0.25, 0.3) is 5.69 Å². The van der Waals surface area contributed by atoms with E-state index < -0.39 is 22.1 Å². The number of rotatable bonds is 4. The first-order valence-electron chi connectivity index (χ1n) is 3.57. The molecule has 0 heterocycles. The van der Waals surface area contributed by atoms with E-state index in [4.69, 9.17) is 5.11 Å². The van der Waals surface area contributed by atoms with Gasteiger partial charge in [0, 0.05) is 15.5 Å². The number of hydrogen-bond donors (Lipinski definition) is 1. The second-order valence-electron chi connectivity index (χ2n) is 2.41. The number of hydrogen-bond acceptors (Lipinski definition) is 6. The van der Waals surface area contributed by atoms with Crippen LogP contribution in [0.25, 0.3) is 0 Å². The molecule has 0 saturated carbocycles. The largest absolute Gasteiger partial charge is 0.477 e. The first-order chi connectivity index (χ1) is 7.06. The lowest BCUT2D eigenvalue weighted by Gasteiger charge is -1.98. The number of carboxylic acid groups (broad SMARTS) is 1. The Labute approximate surface area is 87.4 Å². The molecule has 0 amide bonds. The highest BCUT2D eigenvalue weighted by Crippen LogP contribution is 2.26. The summed E-state index contributed by atoms with van der Waals surface area (Å²) in [5, 5.41) is 19.1. The van der Waals surface area contributed by atoms with Gasteiger partial charge in [-0.25, -0.2) is 4.79 Å². The van der Waals surface area contributed by atoms with E-state index in [1.54, 1.807) is 0 Å². The summed E-state index contributed by atoms with van der Waals surface area (Å²) in [6, 6.07) is 3.32. The number of nitroso groups, excluding NO2 is 1. The van der Waals surface area contributed by atoms with E-state index in [-0.39, 0.29) is 4.90 Å². The fourth-order valence-electron chi connectivity index (χ4n) is 0.945. The van der Waals surface area contributed by atoms with Crippen molar-refractivity contribution >= 4 is 23.6 Å². The zero-order valence-corrected chi connectivity index (χ0v) is 7.93. The number of benzene rings is 1. The van der Waals surface area contributed by atoms with E-state index in [1.165, 1.54) is 6.07 Å². The molecule has 15 heavy (non-hydrogen) atoms. The molecule has 8 heteroatoms. The average molecular weight is 228 g/mol. The minimum absolute atomic E-state index is 0.244. The van der Waals surface area contributed by atoms with Gasteiger partial charge < -0.3 is 5.11 Å². The lowest BCUT2D eigenvalue weighted by atomic mass is 10.2. The molecule has 1 rings (SSSR count). The van der Waals surface area contributed by atoms with Crippen LogP contribution in [0.1, 0.15) is 10.4 Å². The van der Waals surface area contributed by atoms with Gasteiger partial charge in [-0.1, -0.05) is 0 Å². The summed E-state index contributed by atoms with van der Waals surface area (Å²) in [6.07, 6.45) is 0. The molecule has 7 nitrogen and oxygen atoms in total. The average Bonchev–Trinajstić information content (AvgIpc) is 2.17. The smallest absolute Gasteiger partial charge is 0.342 e. The van der Waals surface area contributed by atoms with Crippen molar-refractivity contribution in [3.63, 3.8) is 0 Å². The van der Waals surface area contributed by atoms with Crippen LogP contribution >= 0.6 is 11.9 Å². The van der Waals surface area contributed by atoms with Crippen LogP contribution < -0.4 is 0 Å². The first-order valence-corrected chi connectivity index (χ1v) is 4.35. The molecule has 0 radical (unpaired) electrons. The van der Waals surface area contributed by atoms with Crippen molar-refractivity contribution in [2.75, 3.05) is 0 Å². The Morgan fingerprint density at radius 1 is 1.53 bits per heavy atom. The van der Waals surface area contributed by atoms with E-state index in [0.29, 0.717) is 11.9 Å². The molecule has 78 valence electrons. The summed E-state index contributed by atoms with van der Waals surface area (Å²) in [4.78, 5) is 30.5. The molecule has 0 aliphatic carbocycles. The molecular formula is C7H4N2O5S. The summed E-state index contributed by atoms with van der Waals surface area (Å²) in [5.41, 5.74) is -0.980. The van der Waals surface area contributed by atoms with Crippen molar-refractivity contribution < 1.29 is 14.8 Å². The zero-order chi connectivity index (χ0) is 11.4. The monoisotopic (exact) mass is 228 g/mol. The van der Waals surface area contributed by atoms with Gasteiger partial charge >= 0.3 is 5.97 Å². The Hall–Kier alpha value is -1.96. The number of carboxylic acids is 1. The maximum absolute atomic E-state index is 10.7. The molecule has 0 atom stereocenters. The van der Waals surface area contributed by atoms with Gasteiger partial charge in [-0.2, -0.15) is 0 Å². The van der Waals surface area contributed by atoms with Crippen molar-refractivity contribution in [2.45, 2.75) is 4.90 Å². The van der Waals surface area contributed by atoms with Gasteiger partial charge in [-0.15, -0.1) is 4.91 Å². The normalized spacial score (nSPS) is 9.60. The van der Waals surface area contributed by atoms with E-state index >= 15 is 0 Å². The number of carbonyl (C=O) groups is 1. The van der Waals surface area contributed by atoms with E-state index in [9.17, 15) is 19.8 Å². The van der Waals surface area contributed by atoms with Crippen molar-refractivity contribution in [1.82, 2.24) is 0 Å². The molecule has 1 N–H and O–H groups in total. The van der Waals surface area contributed by atoms with Crippen LogP contribution in [-0.4, -0.2) is 16.0 Å². The number of nitrogens with zero attached hydrogens (tertiary/aromatic N) is 2. The predicted octanol–water partition coefficient (Wildman–Crippen LogP) is 2.07. The second kappa shape index (κ2) is 4.51. The van der Waals surface area contributed by atoms with E-state index in [1.807, 2.05) is 0 Å². The molecule has 0 fully saturated rings. The molecule has 0 aromatic heterocycles. The Morgan fingerprint density at radius 3 is 2.67 bits per heavy atom. The van der Waals surface area contributed by atoms with Crippen LogP contribution in [0, 0.1) is 15.0 Å². The third-order valence-electron chi connectivity index (χ3n) is 1.54. The number of nitro groups is 1. The highest BCUT2D eigenvalue weighted by molar-refractivity contribution is 7.98. The van der Waals surface area contributed by atoms with Gasteiger partial charge in [0.1, 0.15) is 5.56 Å². The van der Waals surface area contributed by atoms with Crippen molar-refractivity contribution in [3.8, 4) is 0 Å².